The molecule has 0 unspecified atom stereocenters. The van der Waals surface area contributed by atoms with E-state index in [1.54, 1.807) is 28.2 Å². The number of methoxy groups -OCH3 is 1. The molecule has 0 bridgehead atoms. The van der Waals surface area contributed by atoms with Crippen LogP contribution in [0.3, 0.4) is 0 Å². The van der Waals surface area contributed by atoms with E-state index >= 15 is 0 Å². The van der Waals surface area contributed by atoms with Crippen LogP contribution in [-0.4, -0.2) is 56.2 Å². The average Bonchev–Trinajstić information content (AvgIpc) is 2.94. The maximum Gasteiger partial charge on any atom is 0.184 e. The molecule has 0 radical (unpaired) electrons. The van der Waals surface area contributed by atoms with E-state index in [0.717, 1.165) is 66.5 Å². The second-order valence-electron chi connectivity index (χ2n) is 6.32. The third-order valence-corrected chi connectivity index (χ3v) is 5.75. The highest BCUT2D eigenvalue weighted by molar-refractivity contribution is 7.73. The minimum Gasteiger partial charge on any atom is -0.497 e. The first kappa shape index (κ1) is 18.3. The number of aromatic nitrogens is 2. The summed E-state index contributed by atoms with van der Waals surface area (Å²) in [4.78, 5) is 3.16. The Hall–Kier alpha value is -1.48. The molecule has 0 aliphatic carbocycles. The van der Waals surface area contributed by atoms with Crippen LogP contribution in [0.1, 0.15) is 5.01 Å². The number of ether oxygens (including phenoxy) is 2. The van der Waals surface area contributed by atoms with Gasteiger partial charge in [0.25, 0.3) is 0 Å². The lowest BCUT2D eigenvalue weighted by molar-refractivity contribution is -1.02. The fourth-order valence-corrected chi connectivity index (χ4v) is 4.14. The van der Waals surface area contributed by atoms with Crippen LogP contribution >= 0.6 is 23.6 Å². The Labute approximate surface area is 157 Å². The summed E-state index contributed by atoms with van der Waals surface area (Å²) >= 11 is 6.95. The van der Waals surface area contributed by atoms with E-state index < -0.39 is 0 Å². The van der Waals surface area contributed by atoms with Crippen LogP contribution in [0.2, 0.25) is 0 Å². The van der Waals surface area contributed by atoms with E-state index in [9.17, 15) is 0 Å². The van der Waals surface area contributed by atoms with E-state index in [1.165, 1.54) is 0 Å². The van der Waals surface area contributed by atoms with Crippen molar-refractivity contribution < 1.29 is 19.3 Å². The molecule has 2 N–H and O–H groups in total. The molecule has 2 aromatic rings. The minimum atomic E-state index is 0.743. The van der Waals surface area contributed by atoms with Crippen molar-refractivity contribution in [1.82, 2.24) is 9.78 Å². The quantitative estimate of drug-likeness (QED) is 0.652. The highest BCUT2D eigenvalue weighted by Gasteiger charge is 2.23. The number of piperazine rings is 1. The second kappa shape index (κ2) is 8.75. The Balaban J connectivity index is 1.37. The van der Waals surface area contributed by atoms with Gasteiger partial charge < -0.3 is 19.3 Å². The number of benzene rings is 1. The van der Waals surface area contributed by atoms with Gasteiger partial charge in [0.15, 0.2) is 10.6 Å². The topological polar surface area (TPSA) is 45.2 Å². The zero-order valence-corrected chi connectivity index (χ0v) is 16.4. The smallest absolute Gasteiger partial charge is 0.184 e. The third kappa shape index (κ3) is 5.24. The van der Waals surface area contributed by atoms with Gasteiger partial charge in [0.2, 0.25) is 0 Å². The molecule has 0 amide bonds. The van der Waals surface area contributed by atoms with Gasteiger partial charge in [-0.15, -0.1) is 0 Å². The molecule has 136 valence electrons. The summed E-state index contributed by atoms with van der Waals surface area (Å²) < 4.78 is 13.9. The summed E-state index contributed by atoms with van der Waals surface area (Å²) in [6.07, 6.45) is 0. The molecule has 1 aliphatic heterocycles. The van der Waals surface area contributed by atoms with Crippen molar-refractivity contribution in [3.63, 3.8) is 0 Å². The van der Waals surface area contributed by atoms with Crippen molar-refractivity contribution in [3.8, 4) is 11.5 Å². The average molecular weight is 383 g/mol. The molecular weight excluding hydrogens is 356 g/mol. The highest BCUT2D eigenvalue weighted by atomic mass is 32.1. The Bertz CT molecular complexity index is 721. The lowest BCUT2D eigenvalue weighted by atomic mass is 10.3. The van der Waals surface area contributed by atoms with Crippen molar-refractivity contribution in [3.05, 3.63) is 33.2 Å². The van der Waals surface area contributed by atoms with E-state index in [4.69, 9.17) is 21.7 Å². The minimum absolute atomic E-state index is 0.743. The summed E-state index contributed by atoms with van der Waals surface area (Å²) in [6.45, 7) is 9.31. The monoisotopic (exact) mass is 382 g/mol. The molecule has 0 atom stereocenters. The maximum absolute atomic E-state index is 5.84. The normalized spacial score (nSPS) is 20.4. The molecule has 6 nitrogen and oxygen atoms in total. The number of nitrogens with zero attached hydrogens (tertiary/aromatic N) is 2. The van der Waals surface area contributed by atoms with Crippen LogP contribution < -0.4 is 19.3 Å². The molecule has 1 fully saturated rings. The summed E-state index contributed by atoms with van der Waals surface area (Å²) in [5, 5.41) is 5.54. The Morgan fingerprint density at radius 3 is 2.36 bits per heavy atom. The Kier molecular flexibility index (Phi) is 6.41. The number of rotatable bonds is 7. The van der Waals surface area contributed by atoms with Crippen molar-refractivity contribution in [2.24, 2.45) is 0 Å². The van der Waals surface area contributed by atoms with E-state index in [0.29, 0.717) is 0 Å². The Morgan fingerprint density at radius 1 is 1.12 bits per heavy atom. The van der Waals surface area contributed by atoms with Gasteiger partial charge in [0.1, 0.15) is 55.8 Å². The third-order valence-electron chi connectivity index (χ3n) is 4.53. The van der Waals surface area contributed by atoms with Gasteiger partial charge in [-0.2, -0.15) is 9.78 Å². The molecule has 3 rings (SSSR count). The fourth-order valence-electron chi connectivity index (χ4n) is 3.07. The van der Waals surface area contributed by atoms with Crippen molar-refractivity contribution in [1.29, 1.82) is 0 Å². The van der Waals surface area contributed by atoms with Gasteiger partial charge >= 0.3 is 0 Å². The molecule has 0 saturated carbocycles. The molecular formula is C17H26N4O2S2+2. The summed E-state index contributed by atoms with van der Waals surface area (Å²) in [6, 6.07) is 7.76. The molecule has 25 heavy (non-hydrogen) atoms. The zero-order chi connectivity index (χ0) is 17.6. The van der Waals surface area contributed by atoms with Gasteiger partial charge in [0.05, 0.1) is 7.11 Å². The van der Waals surface area contributed by atoms with Crippen LogP contribution in [0.4, 0.5) is 0 Å². The van der Waals surface area contributed by atoms with Crippen LogP contribution in [-0.2, 0) is 6.67 Å². The number of hydrogen-bond acceptors (Lipinski definition) is 5. The molecule has 1 aromatic heterocycles. The van der Waals surface area contributed by atoms with E-state index in [-0.39, 0.29) is 0 Å². The Morgan fingerprint density at radius 2 is 1.76 bits per heavy atom. The van der Waals surface area contributed by atoms with Crippen molar-refractivity contribution in [2.45, 2.75) is 13.6 Å². The van der Waals surface area contributed by atoms with Gasteiger partial charge in [0, 0.05) is 0 Å². The van der Waals surface area contributed by atoms with E-state index in [2.05, 4.69) is 5.10 Å². The van der Waals surface area contributed by atoms with Crippen LogP contribution in [0.15, 0.2) is 24.3 Å². The standard InChI is InChI=1S/C17H24N4O2S2/c1-14-18-21(17(24)25-14)13-20-9-7-19(8-10-20)11-12-23-16-5-3-15(22-2)4-6-16/h3-6H,7-13H2,1-2H3/p+2. The largest absolute Gasteiger partial charge is 0.497 e. The molecule has 2 heterocycles. The number of quaternary nitrogens is 2. The van der Waals surface area contributed by atoms with Crippen LogP contribution in [0.25, 0.3) is 0 Å². The first-order chi connectivity index (χ1) is 12.1. The molecule has 1 aromatic carbocycles. The van der Waals surface area contributed by atoms with Gasteiger partial charge in [-0.3, -0.25) is 0 Å². The molecule has 0 spiro atoms. The van der Waals surface area contributed by atoms with Gasteiger partial charge in [-0.05, 0) is 43.4 Å². The van der Waals surface area contributed by atoms with Gasteiger partial charge in [-0.1, -0.05) is 11.3 Å². The lowest BCUT2D eigenvalue weighted by Crippen LogP contribution is -3.28. The molecule has 8 heteroatoms. The molecule has 1 aliphatic rings. The van der Waals surface area contributed by atoms with E-state index in [1.807, 2.05) is 35.9 Å². The predicted molar refractivity (Wildman–Crippen MR) is 100 cm³/mol. The van der Waals surface area contributed by atoms with Crippen LogP contribution in [0, 0.1) is 10.9 Å². The highest BCUT2D eigenvalue weighted by Crippen LogP contribution is 2.16. The maximum atomic E-state index is 5.84. The zero-order valence-electron chi connectivity index (χ0n) is 14.8. The summed E-state index contributed by atoms with van der Waals surface area (Å²) in [7, 11) is 1.67. The number of hydrogen-bond donors (Lipinski definition) is 2. The number of nitrogens with one attached hydrogen (secondary N) is 2. The van der Waals surface area contributed by atoms with Crippen LogP contribution in [0.5, 0.6) is 11.5 Å². The number of aryl methyl sites for hydroxylation is 1. The van der Waals surface area contributed by atoms with Crippen molar-refractivity contribution >= 4 is 23.6 Å². The summed E-state index contributed by atoms with van der Waals surface area (Å²) in [5.41, 5.74) is 0. The lowest BCUT2D eigenvalue weighted by Gasteiger charge is -2.29. The second-order valence-corrected chi connectivity index (χ2v) is 8.15. The SMILES string of the molecule is COc1ccc(OCC[NH+]2CC[NH+](Cn3nc(C)sc3=S)CC2)cc1. The van der Waals surface area contributed by atoms with Crippen molar-refractivity contribution in [2.75, 3.05) is 46.4 Å². The molecule has 1 saturated heterocycles. The van der Waals surface area contributed by atoms with Gasteiger partial charge in [-0.25, -0.2) is 0 Å². The first-order valence-electron chi connectivity index (χ1n) is 8.62. The first-order valence-corrected chi connectivity index (χ1v) is 9.85. The summed E-state index contributed by atoms with van der Waals surface area (Å²) in [5.74, 6) is 1.75. The fraction of sp³-hybridized carbons (Fsp3) is 0.529. The predicted octanol–water partition coefficient (Wildman–Crippen LogP) is -0.189.